The molecule has 0 radical (unpaired) electrons. The summed E-state index contributed by atoms with van der Waals surface area (Å²) in [6.07, 6.45) is 0. The second-order valence-electron chi connectivity index (χ2n) is 4.51. The van der Waals surface area contributed by atoms with Crippen molar-refractivity contribution in [2.45, 2.75) is 5.75 Å². The van der Waals surface area contributed by atoms with E-state index in [-0.39, 0.29) is 11.7 Å². The predicted molar refractivity (Wildman–Crippen MR) is 89.2 cm³/mol. The van der Waals surface area contributed by atoms with Crippen molar-refractivity contribution in [2.75, 3.05) is 18.2 Å². The van der Waals surface area contributed by atoms with Gasteiger partial charge in [0.25, 0.3) is 0 Å². The van der Waals surface area contributed by atoms with Gasteiger partial charge in [-0.05, 0) is 42.0 Å². The molecule has 0 heterocycles. The van der Waals surface area contributed by atoms with Crippen LogP contribution in [0.2, 0.25) is 5.02 Å². The molecule has 116 valence electrons. The molecule has 22 heavy (non-hydrogen) atoms. The molecule has 2 aromatic rings. The first kappa shape index (κ1) is 16.6. The lowest BCUT2D eigenvalue weighted by atomic mass is 10.2. The van der Waals surface area contributed by atoms with Gasteiger partial charge in [0.2, 0.25) is 5.91 Å². The molecule has 1 N–H and O–H groups in total. The lowest BCUT2D eigenvalue weighted by Gasteiger charge is -2.07. The van der Waals surface area contributed by atoms with Crippen LogP contribution in [-0.2, 0) is 10.5 Å². The van der Waals surface area contributed by atoms with Crippen LogP contribution < -0.4 is 10.1 Å². The van der Waals surface area contributed by atoms with Crippen molar-refractivity contribution in [3.63, 3.8) is 0 Å². The minimum Gasteiger partial charge on any atom is -0.497 e. The second-order valence-corrected chi connectivity index (χ2v) is 5.90. The molecule has 6 heteroatoms. The molecule has 3 nitrogen and oxygen atoms in total. The van der Waals surface area contributed by atoms with Crippen molar-refractivity contribution in [3.05, 3.63) is 58.9 Å². The molecule has 0 atom stereocenters. The fourth-order valence-corrected chi connectivity index (χ4v) is 2.91. The zero-order valence-electron chi connectivity index (χ0n) is 11.9. The van der Waals surface area contributed by atoms with E-state index >= 15 is 0 Å². The summed E-state index contributed by atoms with van der Waals surface area (Å²) >= 11 is 7.36. The summed E-state index contributed by atoms with van der Waals surface area (Å²) in [5, 5.41) is 3.17. The summed E-state index contributed by atoms with van der Waals surface area (Å²) in [5.41, 5.74) is 1.52. The van der Waals surface area contributed by atoms with Crippen molar-refractivity contribution in [2.24, 2.45) is 0 Å². The first-order valence-electron chi connectivity index (χ1n) is 6.54. The number of anilines is 1. The topological polar surface area (TPSA) is 38.3 Å². The van der Waals surface area contributed by atoms with E-state index in [0.29, 0.717) is 22.2 Å². The Bertz CT molecular complexity index is 649. The van der Waals surface area contributed by atoms with Crippen molar-refractivity contribution in [1.29, 1.82) is 0 Å². The van der Waals surface area contributed by atoms with Crippen LogP contribution in [0.25, 0.3) is 0 Å². The van der Waals surface area contributed by atoms with Crippen molar-refractivity contribution < 1.29 is 13.9 Å². The Morgan fingerprint density at radius 1 is 1.27 bits per heavy atom. The van der Waals surface area contributed by atoms with Crippen molar-refractivity contribution >= 4 is 35.0 Å². The van der Waals surface area contributed by atoms with Gasteiger partial charge < -0.3 is 10.1 Å². The van der Waals surface area contributed by atoms with Crippen LogP contribution in [0.5, 0.6) is 5.75 Å². The van der Waals surface area contributed by atoms with Crippen LogP contribution in [0.15, 0.2) is 42.5 Å². The smallest absolute Gasteiger partial charge is 0.234 e. The number of rotatable bonds is 6. The van der Waals surface area contributed by atoms with Gasteiger partial charge in [0.05, 0.1) is 12.9 Å². The van der Waals surface area contributed by atoms with Crippen LogP contribution in [0.3, 0.4) is 0 Å². The molecule has 0 saturated heterocycles. The third-order valence-corrected chi connectivity index (χ3v) is 4.21. The Kier molecular flexibility index (Phi) is 6.10. The number of methoxy groups -OCH3 is 1. The maximum absolute atomic E-state index is 12.9. The van der Waals surface area contributed by atoms with E-state index in [0.717, 1.165) is 11.3 Å². The van der Waals surface area contributed by atoms with Crippen molar-refractivity contribution in [3.8, 4) is 5.75 Å². The number of carbonyl (C=O) groups excluding carboxylic acids is 1. The number of amides is 1. The van der Waals surface area contributed by atoms with Gasteiger partial charge in [-0.3, -0.25) is 4.79 Å². The Hall–Kier alpha value is -1.72. The summed E-state index contributed by atoms with van der Waals surface area (Å²) in [6, 6.07) is 11.4. The second kappa shape index (κ2) is 8.06. The van der Waals surface area contributed by atoms with Gasteiger partial charge in [-0.1, -0.05) is 17.7 Å². The van der Waals surface area contributed by atoms with Crippen LogP contribution in [0.4, 0.5) is 10.1 Å². The Morgan fingerprint density at radius 3 is 2.64 bits per heavy atom. The van der Waals surface area contributed by atoms with Crippen LogP contribution in [0, 0.1) is 5.82 Å². The normalized spacial score (nSPS) is 10.3. The van der Waals surface area contributed by atoms with Gasteiger partial charge >= 0.3 is 0 Å². The van der Waals surface area contributed by atoms with E-state index in [4.69, 9.17) is 16.3 Å². The summed E-state index contributed by atoms with van der Waals surface area (Å²) in [4.78, 5) is 11.8. The predicted octanol–water partition coefficient (Wildman–Crippen LogP) is 4.36. The van der Waals surface area contributed by atoms with Crippen LogP contribution in [-0.4, -0.2) is 18.8 Å². The molecule has 2 aromatic carbocycles. The Balaban J connectivity index is 1.79. The third-order valence-electron chi connectivity index (χ3n) is 2.88. The molecule has 2 rings (SSSR count). The lowest BCUT2D eigenvalue weighted by molar-refractivity contribution is -0.113. The number of carbonyl (C=O) groups is 1. The van der Waals surface area contributed by atoms with Crippen molar-refractivity contribution in [1.82, 2.24) is 0 Å². The number of benzene rings is 2. The first-order valence-corrected chi connectivity index (χ1v) is 8.07. The minimum absolute atomic E-state index is 0.103. The van der Waals surface area contributed by atoms with Gasteiger partial charge in [0.15, 0.2) is 0 Å². The van der Waals surface area contributed by atoms with Crippen LogP contribution >= 0.6 is 23.4 Å². The quantitative estimate of drug-likeness (QED) is 0.849. The van der Waals surface area contributed by atoms with Gasteiger partial charge in [-0.25, -0.2) is 4.39 Å². The molecule has 0 aliphatic heterocycles. The largest absolute Gasteiger partial charge is 0.497 e. The molecule has 0 aliphatic carbocycles. The van der Waals surface area contributed by atoms with E-state index in [1.54, 1.807) is 37.4 Å². The van der Waals surface area contributed by atoms with Gasteiger partial charge in [-0.2, -0.15) is 0 Å². The molecule has 0 unspecified atom stereocenters. The number of nitrogens with one attached hydrogen (secondary N) is 1. The summed E-state index contributed by atoms with van der Waals surface area (Å²) in [7, 11) is 1.59. The summed E-state index contributed by atoms with van der Waals surface area (Å²) < 4.78 is 18.0. The number of hydrogen-bond donors (Lipinski definition) is 1. The van der Waals surface area contributed by atoms with E-state index in [1.807, 2.05) is 0 Å². The Labute approximate surface area is 137 Å². The SMILES string of the molecule is COc1ccc(NC(=O)CSCc2ccc(F)cc2Cl)cc1. The average molecular weight is 340 g/mol. The maximum atomic E-state index is 12.9. The number of ether oxygens (including phenoxy) is 1. The molecule has 0 saturated carbocycles. The highest BCUT2D eigenvalue weighted by atomic mass is 35.5. The summed E-state index contributed by atoms with van der Waals surface area (Å²) in [6.45, 7) is 0. The molecule has 0 fully saturated rings. The molecular weight excluding hydrogens is 325 g/mol. The molecule has 0 spiro atoms. The maximum Gasteiger partial charge on any atom is 0.234 e. The van der Waals surface area contributed by atoms with E-state index in [1.165, 1.54) is 23.9 Å². The van der Waals surface area contributed by atoms with E-state index in [9.17, 15) is 9.18 Å². The zero-order valence-corrected chi connectivity index (χ0v) is 13.5. The fraction of sp³-hybridized carbons (Fsp3) is 0.188. The third kappa shape index (κ3) is 4.93. The molecule has 1 amide bonds. The number of thioether (sulfide) groups is 1. The molecule has 0 bridgehead atoms. The highest BCUT2D eigenvalue weighted by Crippen LogP contribution is 2.22. The Morgan fingerprint density at radius 2 is 2.00 bits per heavy atom. The number of halogens is 2. The average Bonchev–Trinajstić information content (AvgIpc) is 2.50. The zero-order chi connectivity index (χ0) is 15.9. The van der Waals surface area contributed by atoms with Gasteiger partial charge in [0.1, 0.15) is 11.6 Å². The summed E-state index contributed by atoms with van der Waals surface area (Å²) in [5.74, 6) is 1.11. The molecule has 0 aliphatic rings. The first-order chi connectivity index (χ1) is 10.6. The van der Waals surface area contributed by atoms with Gasteiger partial charge in [-0.15, -0.1) is 11.8 Å². The highest BCUT2D eigenvalue weighted by molar-refractivity contribution is 7.99. The minimum atomic E-state index is -0.365. The van der Waals surface area contributed by atoms with E-state index in [2.05, 4.69) is 5.32 Å². The van der Waals surface area contributed by atoms with Crippen LogP contribution in [0.1, 0.15) is 5.56 Å². The highest BCUT2D eigenvalue weighted by Gasteiger charge is 2.06. The fourth-order valence-electron chi connectivity index (χ4n) is 1.76. The number of hydrogen-bond acceptors (Lipinski definition) is 3. The monoisotopic (exact) mass is 339 g/mol. The van der Waals surface area contributed by atoms with Gasteiger partial charge in [0, 0.05) is 16.5 Å². The molecule has 0 aromatic heterocycles. The van der Waals surface area contributed by atoms with E-state index < -0.39 is 0 Å². The lowest BCUT2D eigenvalue weighted by Crippen LogP contribution is -2.14. The molecular formula is C16H15ClFNO2S. The standard InChI is InChI=1S/C16H15ClFNO2S/c1-21-14-6-4-13(5-7-14)19-16(20)10-22-9-11-2-3-12(18)8-15(11)17/h2-8H,9-10H2,1H3,(H,19,20).